The van der Waals surface area contributed by atoms with Gasteiger partial charge in [0, 0.05) is 6.92 Å². The monoisotopic (exact) mass is 339 g/mol. The first kappa shape index (κ1) is 20.3. The summed E-state index contributed by atoms with van der Waals surface area (Å²) in [6.07, 6.45) is 1.61. The third kappa shape index (κ3) is 10.1. The van der Waals surface area contributed by atoms with Crippen LogP contribution in [0.15, 0.2) is 6.20 Å². The highest BCUT2D eigenvalue weighted by Crippen LogP contribution is 1.94. The zero-order valence-corrected chi connectivity index (χ0v) is 14.3. The fraction of sp³-hybridized carbons (Fsp3) is 0.688. The maximum Gasteiger partial charge on any atom is 0.181 e. The largest absolute Gasteiger partial charge is 0.377 e. The standard InChI is InChI=1S/C16H25N3O5/c1-3-4-6-21-8-10-23-12-13-24-11-9-22-7-5-19-14-16(15(2)20)17-18-19/h14H,5-13H2,1-2H3. The van der Waals surface area contributed by atoms with Crippen molar-refractivity contribution >= 4 is 5.78 Å². The van der Waals surface area contributed by atoms with Gasteiger partial charge in [0.25, 0.3) is 0 Å². The van der Waals surface area contributed by atoms with Crippen LogP contribution >= 0.6 is 0 Å². The second kappa shape index (κ2) is 13.6. The molecule has 1 heterocycles. The van der Waals surface area contributed by atoms with E-state index >= 15 is 0 Å². The van der Waals surface area contributed by atoms with E-state index in [9.17, 15) is 4.79 Å². The molecule has 1 rings (SSSR count). The van der Waals surface area contributed by atoms with E-state index < -0.39 is 0 Å². The van der Waals surface area contributed by atoms with Gasteiger partial charge in [0.05, 0.1) is 59.0 Å². The molecule has 0 atom stereocenters. The van der Waals surface area contributed by atoms with Crippen molar-refractivity contribution in [3.8, 4) is 11.8 Å². The van der Waals surface area contributed by atoms with E-state index in [0.717, 1.165) is 0 Å². The molecule has 0 radical (unpaired) electrons. The minimum Gasteiger partial charge on any atom is -0.377 e. The molecule has 0 spiro atoms. The summed E-state index contributed by atoms with van der Waals surface area (Å²) < 4.78 is 22.9. The first-order valence-electron chi connectivity index (χ1n) is 7.85. The number of rotatable bonds is 14. The number of Topliss-reactive ketones (excluding diaryl/α,β-unsaturated/α-hetero) is 1. The fourth-order valence-corrected chi connectivity index (χ4v) is 1.58. The molecule has 0 aliphatic carbocycles. The molecular weight excluding hydrogens is 314 g/mol. The lowest BCUT2D eigenvalue weighted by molar-refractivity contribution is 0.000190. The van der Waals surface area contributed by atoms with Gasteiger partial charge in [0.1, 0.15) is 12.3 Å². The predicted molar refractivity (Wildman–Crippen MR) is 86.8 cm³/mol. The molecule has 134 valence electrons. The Morgan fingerprint density at radius 3 is 2.17 bits per heavy atom. The minimum absolute atomic E-state index is 0.0982. The van der Waals surface area contributed by atoms with Gasteiger partial charge in [-0.25, -0.2) is 4.68 Å². The van der Waals surface area contributed by atoms with Crippen molar-refractivity contribution < 1.29 is 23.7 Å². The molecule has 0 saturated carbocycles. The molecule has 0 aliphatic heterocycles. The van der Waals surface area contributed by atoms with Crippen LogP contribution < -0.4 is 0 Å². The third-order valence-corrected chi connectivity index (χ3v) is 2.83. The van der Waals surface area contributed by atoms with E-state index in [1.54, 1.807) is 17.8 Å². The average molecular weight is 339 g/mol. The Labute approximate surface area is 142 Å². The van der Waals surface area contributed by atoms with Gasteiger partial charge in [-0.3, -0.25) is 4.79 Å². The molecular formula is C16H25N3O5. The Bertz CT molecular complexity index is 521. The first-order valence-corrected chi connectivity index (χ1v) is 7.85. The molecule has 0 aliphatic rings. The Hall–Kier alpha value is -1.79. The maximum absolute atomic E-state index is 11.1. The average Bonchev–Trinajstić information content (AvgIpc) is 3.04. The van der Waals surface area contributed by atoms with Gasteiger partial charge in [-0.2, -0.15) is 0 Å². The SMILES string of the molecule is CC#CCOCCOCCOCCOCCn1cc(C(C)=O)nn1. The summed E-state index contributed by atoms with van der Waals surface area (Å²) in [7, 11) is 0. The van der Waals surface area contributed by atoms with Crippen molar-refractivity contribution in [2.24, 2.45) is 0 Å². The Kier molecular flexibility index (Phi) is 11.5. The summed E-state index contributed by atoms with van der Waals surface area (Å²) in [5, 5.41) is 7.59. The second-order valence-corrected chi connectivity index (χ2v) is 4.74. The molecule has 0 aromatic carbocycles. The maximum atomic E-state index is 11.1. The number of carbonyl (C=O) groups is 1. The van der Waals surface area contributed by atoms with Crippen LogP contribution in [0.4, 0.5) is 0 Å². The van der Waals surface area contributed by atoms with Gasteiger partial charge in [-0.1, -0.05) is 11.1 Å². The first-order chi connectivity index (χ1) is 11.7. The highest BCUT2D eigenvalue weighted by Gasteiger charge is 2.04. The lowest BCUT2D eigenvalue weighted by atomic mass is 10.3. The van der Waals surface area contributed by atoms with Crippen LogP contribution in [-0.2, 0) is 25.5 Å². The number of hydrogen-bond donors (Lipinski definition) is 0. The van der Waals surface area contributed by atoms with Crippen LogP contribution in [0.1, 0.15) is 24.3 Å². The van der Waals surface area contributed by atoms with Crippen LogP contribution in [-0.4, -0.2) is 73.6 Å². The van der Waals surface area contributed by atoms with Crippen molar-refractivity contribution in [2.75, 3.05) is 52.9 Å². The van der Waals surface area contributed by atoms with Gasteiger partial charge < -0.3 is 18.9 Å². The third-order valence-electron chi connectivity index (χ3n) is 2.83. The topological polar surface area (TPSA) is 84.7 Å². The molecule has 8 nitrogen and oxygen atoms in total. The molecule has 0 saturated heterocycles. The number of ether oxygens (including phenoxy) is 4. The van der Waals surface area contributed by atoms with Gasteiger partial charge in [0.15, 0.2) is 5.78 Å². The molecule has 1 aromatic heterocycles. The number of carbonyl (C=O) groups excluding carboxylic acids is 1. The van der Waals surface area contributed by atoms with Crippen molar-refractivity contribution in [3.63, 3.8) is 0 Å². The van der Waals surface area contributed by atoms with Gasteiger partial charge in [-0.05, 0) is 6.92 Å². The highest BCUT2D eigenvalue weighted by molar-refractivity contribution is 5.91. The minimum atomic E-state index is -0.0982. The van der Waals surface area contributed by atoms with Crippen LogP contribution in [0.3, 0.4) is 0 Å². The van der Waals surface area contributed by atoms with Crippen molar-refractivity contribution in [1.82, 2.24) is 15.0 Å². The molecule has 0 N–H and O–H groups in total. The summed E-state index contributed by atoms with van der Waals surface area (Å²) in [4.78, 5) is 11.1. The summed E-state index contributed by atoms with van der Waals surface area (Å²) >= 11 is 0. The van der Waals surface area contributed by atoms with Gasteiger partial charge in [-0.15, -0.1) is 11.0 Å². The Balaban J connectivity index is 1.83. The Morgan fingerprint density at radius 1 is 1.04 bits per heavy atom. The predicted octanol–water partition coefficient (Wildman–Crippen LogP) is 0.570. The second-order valence-electron chi connectivity index (χ2n) is 4.74. The van der Waals surface area contributed by atoms with Crippen molar-refractivity contribution in [1.29, 1.82) is 0 Å². The van der Waals surface area contributed by atoms with Crippen molar-refractivity contribution in [2.45, 2.75) is 20.4 Å². The number of nitrogens with zero attached hydrogens (tertiary/aromatic N) is 3. The lowest BCUT2D eigenvalue weighted by Crippen LogP contribution is -2.13. The van der Waals surface area contributed by atoms with Crippen LogP contribution in [0.25, 0.3) is 0 Å². The molecule has 8 heteroatoms. The molecule has 0 amide bonds. The summed E-state index contributed by atoms with van der Waals surface area (Å²) in [5.74, 6) is 5.46. The van der Waals surface area contributed by atoms with Gasteiger partial charge in [0.2, 0.25) is 0 Å². The Morgan fingerprint density at radius 2 is 1.62 bits per heavy atom. The lowest BCUT2D eigenvalue weighted by Gasteiger charge is -2.06. The molecule has 1 aromatic rings. The smallest absolute Gasteiger partial charge is 0.181 e. The summed E-state index contributed by atoms with van der Waals surface area (Å²) in [6, 6.07) is 0. The number of aromatic nitrogens is 3. The molecule has 0 bridgehead atoms. The summed E-state index contributed by atoms with van der Waals surface area (Å²) in [6.45, 7) is 7.81. The number of ketones is 1. The fourth-order valence-electron chi connectivity index (χ4n) is 1.58. The van der Waals surface area contributed by atoms with E-state index in [2.05, 4.69) is 22.2 Å². The quantitative estimate of drug-likeness (QED) is 0.278. The van der Waals surface area contributed by atoms with E-state index in [1.165, 1.54) is 6.92 Å². The van der Waals surface area contributed by atoms with E-state index in [-0.39, 0.29) is 5.78 Å². The van der Waals surface area contributed by atoms with Crippen molar-refractivity contribution in [3.05, 3.63) is 11.9 Å². The molecule has 0 fully saturated rings. The van der Waals surface area contributed by atoms with E-state index in [1.807, 2.05) is 0 Å². The van der Waals surface area contributed by atoms with Crippen LogP contribution in [0.2, 0.25) is 0 Å². The molecule has 0 unspecified atom stereocenters. The number of hydrogen-bond acceptors (Lipinski definition) is 7. The van der Waals surface area contributed by atoms with E-state index in [0.29, 0.717) is 65.1 Å². The zero-order chi connectivity index (χ0) is 17.5. The highest BCUT2D eigenvalue weighted by atomic mass is 16.6. The summed E-state index contributed by atoms with van der Waals surface area (Å²) in [5.41, 5.74) is 0.363. The van der Waals surface area contributed by atoms with Gasteiger partial charge >= 0.3 is 0 Å². The normalized spacial score (nSPS) is 10.4. The zero-order valence-electron chi connectivity index (χ0n) is 14.3. The van der Waals surface area contributed by atoms with Crippen LogP contribution in [0, 0.1) is 11.8 Å². The molecule has 24 heavy (non-hydrogen) atoms. The van der Waals surface area contributed by atoms with E-state index in [4.69, 9.17) is 18.9 Å². The van der Waals surface area contributed by atoms with Crippen LogP contribution in [0.5, 0.6) is 0 Å².